The third-order valence-corrected chi connectivity index (χ3v) is 4.14. The number of hydrogen-bond acceptors (Lipinski definition) is 2. The molecule has 0 aliphatic heterocycles. The fourth-order valence-corrected chi connectivity index (χ4v) is 3.15. The number of aryl methyl sites for hydroxylation is 1. The summed E-state index contributed by atoms with van der Waals surface area (Å²) >= 11 is 0. The molecule has 3 heteroatoms. The zero-order valence-electron chi connectivity index (χ0n) is 12.8. The minimum atomic E-state index is -0.305. The minimum Gasteiger partial charge on any atom is -0.494 e. The maximum Gasteiger partial charge on any atom is 0.119 e. The smallest absolute Gasteiger partial charge is 0.119 e. The summed E-state index contributed by atoms with van der Waals surface area (Å²) in [7, 11) is 0. The van der Waals surface area contributed by atoms with Crippen LogP contribution in [-0.2, 0) is 6.42 Å². The van der Waals surface area contributed by atoms with Gasteiger partial charge in [-0.25, -0.2) is 0 Å². The van der Waals surface area contributed by atoms with Crippen LogP contribution in [0.5, 0.6) is 5.75 Å². The van der Waals surface area contributed by atoms with Crippen LogP contribution in [0.25, 0.3) is 5.69 Å². The summed E-state index contributed by atoms with van der Waals surface area (Å²) in [6, 6.07) is 10.4. The third kappa shape index (κ3) is 2.70. The molecule has 2 aromatic rings. The normalized spacial score (nSPS) is 17.6. The second-order valence-electron chi connectivity index (χ2n) is 5.77. The van der Waals surface area contributed by atoms with E-state index in [1.165, 1.54) is 11.4 Å². The van der Waals surface area contributed by atoms with Crippen molar-refractivity contribution in [2.75, 3.05) is 6.61 Å². The minimum absolute atomic E-state index is 0.305. The van der Waals surface area contributed by atoms with Crippen molar-refractivity contribution in [3.63, 3.8) is 0 Å². The summed E-state index contributed by atoms with van der Waals surface area (Å²) in [6.07, 6.45) is 3.68. The van der Waals surface area contributed by atoms with Crippen molar-refractivity contribution in [1.82, 2.24) is 4.57 Å². The van der Waals surface area contributed by atoms with Crippen LogP contribution in [0.15, 0.2) is 30.3 Å². The Labute approximate surface area is 126 Å². The van der Waals surface area contributed by atoms with Gasteiger partial charge in [0.2, 0.25) is 0 Å². The molecule has 1 aliphatic carbocycles. The van der Waals surface area contributed by atoms with Gasteiger partial charge in [0.05, 0.1) is 12.7 Å². The quantitative estimate of drug-likeness (QED) is 0.923. The lowest BCUT2D eigenvalue weighted by Crippen LogP contribution is -2.11. The molecule has 3 nitrogen and oxygen atoms in total. The van der Waals surface area contributed by atoms with Crippen LogP contribution in [0, 0.1) is 6.92 Å². The molecule has 0 amide bonds. The molecule has 1 atom stereocenters. The van der Waals surface area contributed by atoms with Gasteiger partial charge in [-0.1, -0.05) is 6.92 Å². The van der Waals surface area contributed by atoms with Crippen molar-refractivity contribution in [3.05, 3.63) is 47.3 Å². The molecule has 21 heavy (non-hydrogen) atoms. The summed E-state index contributed by atoms with van der Waals surface area (Å²) in [4.78, 5) is 0. The highest BCUT2D eigenvalue weighted by Crippen LogP contribution is 2.34. The zero-order valence-corrected chi connectivity index (χ0v) is 12.8. The molecule has 0 saturated heterocycles. The molecule has 1 aliphatic rings. The number of aliphatic hydroxyl groups is 1. The fraction of sp³-hybridized carbons (Fsp3) is 0.444. The predicted molar refractivity (Wildman–Crippen MR) is 84.2 cm³/mol. The maximum absolute atomic E-state index is 10.2. The number of rotatable bonds is 4. The molecule has 3 rings (SSSR count). The molecule has 1 N–H and O–H groups in total. The predicted octanol–water partition coefficient (Wildman–Crippen LogP) is 3.94. The number of hydrogen-bond donors (Lipinski definition) is 1. The first-order valence-corrected chi connectivity index (χ1v) is 7.83. The lowest BCUT2D eigenvalue weighted by atomic mass is 9.95. The van der Waals surface area contributed by atoms with Gasteiger partial charge in [0.25, 0.3) is 0 Å². The zero-order chi connectivity index (χ0) is 14.8. The number of aliphatic hydroxyl groups excluding tert-OH is 1. The Morgan fingerprint density at radius 2 is 2.05 bits per heavy atom. The molecule has 1 unspecified atom stereocenters. The summed E-state index contributed by atoms with van der Waals surface area (Å²) in [6.45, 7) is 4.96. The van der Waals surface area contributed by atoms with Crippen molar-refractivity contribution < 1.29 is 9.84 Å². The van der Waals surface area contributed by atoms with Crippen LogP contribution in [0.1, 0.15) is 49.2 Å². The molecule has 1 heterocycles. The van der Waals surface area contributed by atoms with E-state index in [-0.39, 0.29) is 6.10 Å². The van der Waals surface area contributed by atoms with Crippen molar-refractivity contribution in [1.29, 1.82) is 0 Å². The average molecular weight is 285 g/mol. The molecule has 0 radical (unpaired) electrons. The van der Waals surface area contributed by atoms with E-state index in [9.17, 15) is 5.11 Å². The molecule has 1 aromatic carbocycles. The summed E-state index contributed by atoms with van der Waals surface area (Å²) < 4.78 is 7.90. The maximum atomic E-state index is 10.2. The first kappa shape index (κ1) is 14.2. The molecular weight excluding hydrogens is 262 g/mol. The van der Waals surface area contributed by atoms with Gasteiger partial charge in [-0.05, 0) is 62.9 Å². The van der Waals surface area contributed by atoms with Gasteiger partial charge in [0.1, 0.15) is 5.75 Å². The largest absolute Gasteiger partial charge is 0.494 e. The van der Waals surface area contributed by atoms with E-state index in [1.54, 1.807) is 0 Å². The van der Waals surface area contributed by atoms with E-state index in [4.69, 9.17) is 4.74 Å². The van der Waals surface area contributed by atoms with Gasteiger partial charge in [0.15, 0.2) is 0 Å². The molecule has 0 fully saturated rings. The molecule has 0 spiro atoms. The fourth-order valence-electron chi connectivity index (χ4n) is 3.15. The van der Waals surface area contributed by atoms with E-state index < -0.39 is 0 Å². The van der Waals surface area contributed by atoms with E-state index in [0.29, 0.717) is 0 Å². The van der Waals surface area contributed by atoms with E-state index >= 15 is 0 Å². The Bertz CT molecular complexity index is 613. The van der Waals surface area contributed by atoms with Gasteiger partial charge in [-0.15, -0.1) is 0 Å². The SMILES string of the molecule is CCCOc1ccc(-n2c(C)cc3c2CCCC3O)cc1. The Morgan fingerprint density at radius 1 is 1.29 bits per heavy atom. The van der Waals surface area contributed by atoms with Crippen LogP contribution in [0.3, 0.4) is 0 Å². The van der Waals surface area contributed by atoms with Crippen LogP contribution in [0.4, 0.5) is 0 Å². The molecule has 0 bridgehead atoms. The monoisotopic (exact) mass is 285 g/mol. The second kappa shape index (κ2) is 5.94. The highest BCUT2D eigenvalue weighted by atomic mass is 16.5. The third-order valence-electron chi connectivity index (χ3n) is 4.14. The van der Waals surface area contributed by atoms with Gasteiger partial charge in [-0.3, -0.25) is 0 Å². The van der Waals surface area contributed by atoms with E-state index in [1.807, 2.05) is 12.1 Å². The van der Waals surface area contributed by atoms with Gasteiger partial charge in [0, 0.05) is 22.6 Å². The average Bonchev–Trinajstić information content (AvgIpc) is 2.83. The van der Waals surface area contributed by atoms with Crippen molar-refractivity contribution >= 4 is 0 Å². The van der Waals surface area contributed by atoms with Crippen LogP contribution < -0.4 is 4.74 Å². The Kier molecular flexibility index (Phi) is 4.02. The van der Waals surface area contributed by atoms with Gasteiger partial charge >= 0.3 is 0 Å². The highest BCUT2D eigenvalue weighted by molar-refractivity contribution is 5.45. The molecule has 0 saturated carbocycles. The molecule has 112 valence electrons. The second-order valence-corrected chi connectivity index (χ2v) is 5.77. The Hall–Kier alpha value is -1.74. The number of benzene rings is 1. The van der Waals surface area contributed by atoms with Crippen LogP contribution >= 0.6 is 0 Å². The summed E-state index contributed by atoms with van der Waals surface area (Å²) in [5, 5.41) is 10.2. The standard InChI is InChI=1S/C18H23NO2/c1-3-11-21-15-9-7-14(8-10-15)19-13(2)12-16-17(19)5-4-6-18(16)20/h7-10,12,18,20H,3-6,11H2,1-2H3. The van der Waals surface area contributed by atoms with Crippen molar-refractivity contribution in [3.8, 4) is 11.4 Å². The topological polar surface area (TPSA) is 34.4 Å². The first-order chi connectivity index (χ1) is 10.2. The van der Waals surface area contributed by atoms with Crippen LogP contribution in [0.2, 0.25) is 0 Å². The lowest BCUT2D eigenvalue weighted by Gasteiger charge is -2.20. The van der Waals surface area contributed by atoms with Crippen molar-refractivity contribution in [2.24, 2.45) is 0 Å². The molecular formula is C18H23NO2. The number of aromatic nitrogens is 1. The van der Waals surface area contributed by atoms with Gasteiger partial charge < -0.3 is 14.4 Å². The Balaban J connectivity index is 1.93. The molecule has 1 aromatic heterocycles. The van der Waals surface area contributed by atoms with E-state index in [0.717, 1.165) is 49.3 Å². The number of ether oxygens (including phenoxy) is 1. The van der Waals surface area contributed by atoms with E-state index in [2.05, 4.69) is 36.6 Å². The first-order valence-electron chi connectivity index (χ1n) is 7.83. The Morgan fingerprint density at radius 3 is 2.76 bits per heavy atom. The van der Waals surface area contributed by atoms with Crippen LogP contribution in [-0.4, -0.2) is 16.3 Å². The number of fused-ring (bicyclic) bond motifs is 1. The lowest BCUT2D eigenvalue weighted by molar-refractivity contribution is 0.156. The van der Waals surface area contributed by atoms with Gasteiger partial charge in [-0.2, -0.15) is 0 Å². The highest BCUT2D eigenvalue weighted by Gasteiger charge is 2.23. The summed E-state index contributed by atoms with van der Waals surface area (Å²) in [5.74, 6) is 0.916. The summed E-state index contributed by atoms with van der Waals surface area (Å²) in [5.41, 5.74) is 4.69. The van der Waals surface area contributed by atoms with Crippen molar-refractivity contribution in [2.45, 2.75) is 45.6 Å². The number of nitrogens with zero attached hydrogens (tertiary/aromatic N) is 1.